The van der Waals surface area contributed by atoms with Crippen molar-refractivity contribution in [2.24, 2.45) is 7.05 Å². The molecule has 2 heterocycles. The molecule has 6 nitrogen and oxygen atoms in total. The maximum absolute atomic E-state index is 11.4. The molecule has 0 unspecified atom stereocenters. The smallest absolute Gasteiger partial charge is 0.360 e. The van der Waals surface area contributed by atoms with E-state index >= 15 is 0 Å². The Kier molecular flexibility index (Phi) is 3.48. The van der Waals surface area contributed by atoms with Gasteiger partial charge in [-0.2, -0.15) is 4.98 Å². The first-order valence-corrected chi connectivity index (χ1v) is 5.80. The van der Waals surface area contributed by atoms with E-state index in [9.17, 15) is 4.79 Å². The molecule has 0 N–H and O–H groups in total. The Balaban J connectivity index is 2.09. The fraction of sp³-hybridized carbons (Fsp3) is 0.300. The van der Waals surface area contributed by atoms with E-state index < -0.39 is 5.97 Å². The molecule has 0 spiro atoms. The van der Waals surface area contributed by atoms with Crippen LogP contribution in [0, 0.1) is 0 Å². The Morgan fingerprint density at radius 3 is 3.12 bits per heavy atom. The lowest BCUT2D eigenvalue weighted by atomic mass is 10.5. The number of rotatable bonds is 4. The number of imidazole rings is 1. The summed E-state index contributed by atoms with van der Waals surface area (Å²) < 4.78 is 11.8. The molecule has 0 radical (unpaired) electrons. The Hall–Kier alpha value is -1.76. The molecule has 0 aromatic carbocycles. The van der Waals surface area contributed by atoms with Gasteiger partial charge in [0, 0.05) is 31.2 Å². The quantitative estimate of drug-likeness (QED) is 0.773. The lowest BCUT2D eigenvalue weighted by molar-refractivity contribution is 0.0519. The van der Waals surface area contributed by atoms with E-state index in [1.165, 1.54) is 18.0 Å². The SMILES string of the molecule is CCOC(=O)c1coc(Sc2nccn2C)n1. The lowest BCUT2D eigenvalue weighted by Gasteiger charge is -1.96. The second-order valence-electron chi connectivity index (χ2n) is 3.14. The third-order valence-corrected chi connectivity index (χ3v) is 2.86. The topological polar surface area (TPSA) is 70.2 Å². The number of nitrogens with zero attached hydrogens (tertiary/aromatic N) is 3. The molecule has 0 saturated heterocycles. The van der Waals surface area contributed by atoms with Crippen LogP contribution in [-0.4, -0.2) is 27.1 Å². The first kappa shape index (κ1) is 11.7. The molecule has 90 valence electrons. The van der Waals surface area contributed by atoms with Crippen LogP contribution < -0.4 is 0 Å². The predicted molar refractivity (Wildman–Crippen MR) is 59.8 cm³/mol. The number of aryl methyl sites for hydroxylation is 1. The first-order valence-electron chi connectivity index (χ1n) is 4.98. The minimum Gasteiger partial charge on any atom is -0.461 e. The zero-order valence-electron chi connectivity index (χ0n) is 9.41. The average molecular weight is 253 g/mol. The van der Waals surface area contributed by atoms with Gasteiger partial charge in [-0.3, -0.25) is 0 Å². The summed E-state index contributed by atoms with van der Waals surface area (Å²) in [6.07, 6.45) is 4.78. The maximum Gasteiger partial charge on any atom is 0.360 e. The van der Waals surface area contributed by atoms with Crippen LogP contribution in [-0.2, 0) is 11.8 Å². The minimum atomic E-state index is -0.483. The number of hydrogen-bond donors (Lipinski definition) is 0. The molecule has 0 aliphatic carbocycles. The summed E-state index contributed by atoms with van der Waals surface area (Å²) >= 11 is 1.24. The molecule has 0 aliphatic heterocycles. The minimum absolute atomic E-state index is 0.170. The van der Waals surface area contributed by atoms with Crippen molar-refractivity contribution in [3.8, 4) is 0 Å². The third-order valence-electron chi connectivity index (χ3n) is 1.92. The van der Waals surface area contributed by atoms with Crippen molar-refractivity contribution in [1.29, 1.82) is 0 Å². The van der Waals surface area contributed by atoms with Crippen molar-refractivity contribution in [2.45, 2.75) is 17.3 Å². The summed E-state index contributed by atoms with van der Waals surface area (Å²) in [7, 11) is 1.87. The summed E-state index contributed by atoms with van der Waals surface area (Å²) in [4.78, 5) is 19.5. The normalized spacial score (nSPS) is 10.5. The molecule has 2 aromatic heterocycles. The van der Waals surface area contributed by atoms with Crippen molar-refractivity contribution >= 4 is 17.7 Å². The van der Waals surface area contributed by atoms with E-state index in [1.807, 2.05) is 17.8 Å². The van der Waals surface area contributed by atoms with Gasteiger partial charge in [0.25, 0.3) is 5.22 Å². The van der Waals surface area contributed by atoms with E-state index in [-0.39, 0.29) is 5.69 Å². The summed E-state index contributed by atoms with van der Waals surface area (Å²) in [5, 5.41) is 1.10. The highest BCUT2D eigenvalue weighted by Gasteiger charge is 2.15. The van der Waals surface area contributed by atoms with Gasteiger partial charge >= 0.3 is 5.97 Å². The number of oxazole rings is 1. The molecule has 2 aromatic rings. The number of hydrogen-bond acceptors (Lipinski definition) is 6. The molecule has 0 bridgehead atoms. The summed E-state index contributed by atoms with van der Waals surface area (Å²) in [6.45, 7) is 2.05. The molecule has 0 fully saturated rings. The first-order chi connectivity index (χ1) is 8.20. The highest BCUT2D eigenvalue weighted by atomic mass is 32.2. The Morgan fingerprint density at radius 1 is 1.65 bits per heavy atom. The molecule has 0 atom stereocenters. The zero-order valence-corrected chi connectivity index (χ0v) is 10.2. The van der Waals surface area contributed by atoms with Crippen molar-refractivity contribution in [1.82, 2.24) is 14.5 Å². The molecule has 0 saturated carbocycles. The zero-order chi connectivity index (χ0) is 12.3. The van der Waals surface area contributed by atoms with Gasteiger partial charge in [-0.05, 0) is 6.92 Å². The number of carbonyl (C=O) groups is 1. The van der Waals surface area contributed by atoms with Gasteiger partial charge < -0.3 is 13.7 Å². The van der Waals surface area contributed by atoms with E-state index in [0.29, 0.717) is 11.8 Å². The molecule has 7 heteroatoms. The van der Waals surface area contributed by atoms with E-state index in [4.69, 9.17) is 9.15 Å². The van der Waals surface area contributed by atoms with Crippen molar-refractivity contribution in [3.05, 3.63) is 24.4 Å². The number of esters is 1. The highest BCUT2D eigenvalue weighted by Crippen LogP contribution is 2.24. The Labute approximate surface area is 102 Å². The average Bonchev–Trinajstić information content (AvgIpc) is 2.90. The van der Waals surface area contributed by atoms with Crippen LogP contribution in [0.15, 0.2) is 33.5 Å². The van der Waals surface area contributed by atoms with Gasteiger partial charge in [-0.25, -0.2) is 9.78 Å². The van der Waals surface area contributed by atoms with Crippen LogP contribution in [0.25, 0.3) is 0 Å². The summed E-state index contributed by atoms with van der Waals surface area (Å²) in [5.41, 5.74) is 0.170. The van der Waals surface area contributed by atoms with Crippen LogP contribution in [0.1, 0.15) is 17.4 Å². The largest absolute Gasteiger partial charge is 0.461 e. The molecule has 0 aliphatic rings. The van der Waals surface area contributed by atoms with Crippen LogP contribution >= 0.6 is 11.8 Å². The fourth-order valence-corrected chi connectivity index (χ4v) is 1.85. The Bertz CT molecular complexity index is 520. The van der Waals surface area contributed by atoms with E-state index in [0.717, 1.165) is 5.16 Å². The van der Waals surface area contributed by atoms with Gasteiger partial charge in [0.05, 0.1) is 6.61 Å². The van der Waals surface area contributed by atoms with Crippen LogP contribution in [0.4, 0.5) is 0 Å². The van der Waals surface area contributed by atoms with Crippen molar-refractivity contribution < 1.29 is 13.9 Å². The molecular formula is C10H11N3O3S. The highest BCUT2D eigenvalue weighted by molar-refractivity contribution is 7.99. The van der Waals surface area contributed by atoms with E-state index in [2.05, 4.69) is 9.97 Å². The molecule has 17 heavy (non-hydrogen) atoms. The standard InChI is InChI=1S/C10H11N3O3S/c1-3-15-8(14)7-6-16-10(12-7)17-9-11-4-5-13(9)2/h4-6H,3H2,1-2H3. The van der Waals surface area contributed by atoms with Gasteiger partial charge in [0.15, 0.2) is 10.9 Å². The number of carbonyl (C=O) groups excluding carboxylic acids is 1. The van der Waals surface area contributed by atoms with Crippen LogP contribution in [0.2, 0.25) is 0 Å². The van der Waals surface area contributed by atoms with Gasteiger partial charge in [0.1, 0.15) is 6.26 Å². The van der Waals surface area contributed by atoms with Gasteiger partial charge in [0.2, 0.25) is 0 Å². The van der Waals surface area contributed by atoms with Gasteiger partial charge in [-0.1, -0.05) is 0 Å². The fourth-order valence-electron chi connectivity index (χ4n) is 1.13. The predicted octanol–water partition coefficient (Wildman–Crippen LogP) is 1.74. The van der Waals surface area contributed by atoms with Gasteiger partial charge in [-0.15, -0.1) is 0 Å². The number of aromatic nitrogens is 3. The van der Waals surface area contributed by atoms with Crippen molar-refractivity contribution in [3.63, 3.8) is 0 Å². The molecule has 0 amide bonds. The van der Waals surface area contributed by atoms with E-state index in [1.54, 1.807) is 13.1 Å². The number of ether oxygens (including phenoxy) is 1. The second kappa shape index (κ2) is 5.05. The molecule has 2 rings (SSSR count). The van der Waals surface area contributed by atoms with Crippen LogP contribution in [0.3, 0.4) is 0 Å². The lowest BCUT2D eigenvalue weighted by Crippen LogP contribution is -2.04. The monoisotopic (exact) mass is 253 g/mol. The second-order valence-corrected chi connectivity index (χ2v) is 4.06. The summed E-state index contributed by atoms with van der Waals surface area (Å²) in [6, 6.07) is 0. The Morgan fingerprint density at radius 2 is 2.47 bits per heavy atom. The van der Waals surface area contributed by atoms with Crippen LogP contribution in [0.5, 0.6) is 0 Å². The summed E-state index contributed by atoms with van der Waals surface area (Å²) in [5.74, 6) is -0.483. The maximum atomic E-state index is 11.4. The third kappa shape index (κ3) is 2.68. The molecular weight excluding hydrogens is 242 g/mol. The van der Waals surface area contributed by atoms with Crippen molar-refractivity contribution in [2.75, 3.05) is 6.61 Å².